The molecule has 1 atom stereocenters. The molecule has 1 aromatic carbocycles. The highest BCUT2D eigenvalue weighted by Crippen LogP contribution is 2.23. The Morgan fingerprint density at radius 3 is 2.38 bits per heavy atom. The van der Waals surface area contributed by atoms with Gasteiger partial charge in [0, 0.05) is 14.1 Å². The fourth-order valence-corrected chi connectivity index (χ4v) is 2.44. The third-order valence-electron chi connectivity index (χ3n) is 2.62. The van der Waals surface area contributed by atoms with Gasteiger partial charge in [-0.3, -0.25) is 4.79 Å². The van der Waals surface area contributed by atoms with Crippen molar-refractivity contribution < 1.29 is 22.7 Å². The lowest BCUT2D eigenvalue weighted by Crippen LogP contribution is -2.30. The Morgan fingerprint density at radius 2 is 1.90 bits per heavy atom. The maximum atomic E-state index is 12.0. The number of nitrogens with zero attached hydrogens (tertiary/aromatic N) is 1. The van der Waals surface area contributed by atoms with Crippen LogP contribution in [0.2, 0.25) is 5.02 Å². The smallest absolute Gasteiger partial charge is 0.340 e. The fourth-order valence-electron chi connectivity index (χ4n) is 1.31. The van der Waals surface area contributed by atoms with Crippen LogP contribution in [0.3, 0.4) is 0 Å². The maximum Gasteiger partial charge on any atom is 0.340 e. The molecule has 0 aliphatic rings. The minimum absolute atomic E-state index is 0.00868. The number of amides is 1. The molecule has 0 heterocycles. The van der Waals surface area contributed by atoms with Crippen molar-refractivity contribution in [2.45, 2.75) is 17.9 Å². The summed E-state index contributed by atoms with van der Waals surface area (Å²) in [5.74, 6) is -1.75. The van der Waals surface area contributed by atoms with E-state index >= 15 is 0 Å². The molecule has 0 fully saturated rings. The molecule has 0 bridgehead atoms. The van der Waals surface area contributed by atoms with Gasteiger partial charge in [-0.1, -0.05) is 11.6 Å². The SMILES string of the molecule is CC(OC(=O)c1cc(S(=O)(=O)N(C)C)ccc1Cl)C(N)=O. The van der Waals surface area contributed by atoms with E-state index in [-0.39, 0.29) is 15.5 Å². The summed E-state index contributed by atoms with van der Waals surface area (Å²) in [6, 6.07) is 3.63. The summed E-state index contributed by atoms with van der Waals surface area (Å²) in [5, 5.41) is 0.00868. The number of halogens is 1. The third kappa shape index (κ3) is 3.93. The number of hydrogen-bond donors (Lipinski definition) is 1. The molecule has 1 aromatic rings. The molecule has 0 saturated heterocycles. The highest BCUT2D eigenvalue weighted by molar-refractivity contribution is 7.89. The Morgan fingerprint density at radius 1 is 1.33 bits per heavy atom. The first-order valence-electron chi connectivity index (χ1n) is 5.79. The molecule has 1 rings (SSSR count). The molecule has 0 spiro atoms. The Kier molecular flexibility index (Phi) is 5.32. The van der Waals surface area contributed by atoms with Gasteiger partial charge in [0.05, 0.1) is 15.5 Å². The average molecular weight is 335 g/mol. The predicted octanol–water partition coefficient (Wildman–Crippen LogP) is 0.621. The highest BCUT2D eigenvalue weighted by atomic mass is 35.5. The summed E-state index contributed by atoms with van der Waals surface area (Å²) in [7, 11) is -1.00. The normalized spacial score (nSPS) is 13.0. The van der Waals surface area contributed by atoms with Gasteiger partial charge in [-0.25, -0.2) is 17.5 Å². The molecule has 0 aliphatic heterocycles. The largest absolute Gasteiger partial charge is 0.449 e. The molecule has 9 heteroatoms. The zero-order chi connectivity index (χ0) is 16.4. The van der Waals surface area contributed by atoms with Crippen LogP contribution in [0.1, 0.15) is 17.3 Å². The average Bonchev–Trinajstić information content (AvgIpc) is 2.38. The molecule has 0 aromatic heterocycles. The van der Waals surface area contributed by atoms with Crippen molar-refractivity contribution in [3.05, 3.63) is 28.8 Å². The van der Waals surface area contributed by atoms with E-state index in [1.54, 1.807) is 0 Å². The van der Waals surface area contributed by atoms with E-state index in [4.69, 9.17) is 22.1 Å². The van der Waals surface area contributed by atoms with Crippen molar-refractivity contribution in [2.75, 3.05) is 14.1 Å². The topological polar surface area (TPSA) is 107 Å². The van der Waals surface area contributed by atoms with Crippen molar-refractivity contribution in [1.82, 2.24) is 4.31 Å². The van der Waals surface area contributed by atoms with Gasteiger partial charge in [0.2, 0.25) is 10.0 Å². The Bertz CT molecular complexity index is 672. The molecule has 1 unspecified atom stereocenters. The van der Waals surface area contributed by atoms with Crippen LogP contribution in [0.25, 0.3) is 0 Å². The molecular formula is C12H15ClN2O5S. The summed E-state index contributed by atoms with van der Waals surface area (Å²) in [4.78, 5) is 22.7. The van der Waals surface area contributed by atoms with Crippen molar-refractivity contribution in [1.29, 1.82) is 0 Å². The number of primary amides is 1. The zero-order valence-electron chi connectivity index (χ0n) is 11.7. The standard InChI is InChI=1S/C12H15ClN2O5S/c1-7(11(14)16)20-12(17)9-6-8(4-5-10(9)13)21(18,19)15(2)3/h4-7H,1-3H3,(H2,14,16). The van der Waals surface area contributed by atoms with Crippen molar-refractivity contribution in [3.63, 3.8) is 0 Å². The van der Waals surface area contributed by atoms with E-state index < -0.39 is 28.0 Å². The Balaban J connectivity index is 3.20. The summed E-state index contributed by atoms with van der Waals surface area (Å²) >= 11 is 5.86. The number of carbonyl (C=O) groups is 2. The van der Waals surface area contributed by atoms with Crippen molar-refractivity contribution in [2.24, 2.45) is 5.73 Å². The number of nitrogens with two attached hydrogens (primary N) is 1. The van der Waals surface area contributed by atoms with E-state index in [0.717, 1.165) is 10.4 Å². The summed E-state index contributed by atoms with van der Waals surface area (Å²) in [5.41, 5.74) is 4.83. The maximum absolute atomic E-state index is 12.0. The summed E-state index contributed by atoms with van der Waals surface area (Å²) < 4.78 is 29.8. The number of rotatable bonds is 5. The monoisotopic (exact) mass is 334 g/mol. The van der Waals surface area contributed by atoms with Crippen LogP contribution in [0.4, 0.5) is 0 Å². The molecule has 1 amide bonds. The zero-order valence-corrected chi connectivity index (χ0v) is 13.2. The minimum atomic E-state index is -3.72. The number of esters is 1. The lowest BCUT2D eigenvalue weighted by Gasteiger charge is -2.14. The van der Waals surface area contributed by atoms with E-state index in [2.05, 4.69) is 0 Å². The quantitative estimate of drug-likeness (QED) is 0.794. The van der Waals surface area contributed by atoms with Gasteiger partial charge in [-0.2, -0.15) is 0 Å². The Hall–Kier alpha value is -1.64. The number of benzene rings is 1. The van der Waals surface area contributed by atoms with Crippen LogP contribution in [0, 0.1) is 0 Å². The predicted molar refractivity (Wildman–Crippen MR) is 76.4 cm³/mol. The van der Waals surface area contributed by atoms with Gasteiger partial charge < -0.3 is 10.5 Å². The second-order valence-electron chi connectivity index (χ2n) is 4.38. The van der Waals surface area contributed by atoms with Gasteiger partial charge >= 0.3 is 5.97 Å². The van der Waals surface area contributed by atoms with E-state index in [1.165, 1.54) is 33.2 Å². The number of ether oxygens (including phenoxy) is 1. The molecule has 21 heavy (non-hydrogen) atoms. The first-order valence-corrected chi connectivity index (χ1v) is 7.61. The minimum Gasteiger partial charge on any atom is -0.449 e. The molecule has 0 saturated carbocycles. The molecular weight excluding hydrogens is 320 g/mol. The van der Waals surface area contributed by atoms with E-state index in [9.17, 15) is 18.0 Å². The van der Waals surface area contributed by atoms with Crippen molar-refractivity contribution in [3.8, 4) is 0 Å². The van der Waals surface area contributed by atoms with Crippen LogP contribution in [-0.4, -0.2) is 44.8 Å². The van der Waals surface area contributed by atoms with E-state index in [1.807, 2.05) is 0 Å². The van der Waals surface area contributed by atoms with Gasteiger partial charge in [0.25, 0.3) is 5.91 Å². The van der Waals surface area contributed by atoms with Crippen LogP contribution in [-0.2, 0) is 19.6 Å². The Labute approximate surface area is 127 Å². The second kappa shape index (κ2) is 6.42. The third-order valence-corrected chi connectivity index (χ3v) is 4.76. The van der Waals surface area contributed by atoms with Gasteiger partial charge in [0.15, 0.2) is 6.10 Å². The lowest BCUT2D eigenvalue weighted by atomic mass is 10.2. The van der Waals surface area contributed by atoms with E-state index in [0.29, 0.717) is 0 Å². The highest BCUT2D eigenvalue weighted by Gasteiger charge is 2.23. The van der Waals surface area contributed by atoms with Crippen LogP contribution in [0.15, 0.2) is 23.1 Å². The van der Waals surface area contributed by atoms with Crippen LogP contribution < -0.4 is 5.73 Å². The van der Waals surface area contributed by atoms with Crippen LogP contribution in [0.5, 0.6) is 0 Å². The fraction of sp³-hybridized carbons (Fsp3) is 0.333. The van der Waals surface area contributed by atoms with Gasteiger partial charge in [-0.15, -0.1) is 0 Å². The first kappa shape index (κ1) is 17.4. The number of carbonyl (C=O) groups excluding carboxylic acids is 2. The molecule has 0 aliphatic carbocycles. The molecule has 0 radical (unpaired) electrons. The summed E-state index contributed by atoms with van der Waals surface area (Å²) in [6.07, 6.45) is -1.15. The number of hydrogen-bond acceptors (Lipinski definition) is 5. The van der Waals surface area contributed by atoms with Crippen molar-refractivity contribution >= 4 is 33.5 Å². The lowest BCUT2D eigenvalue weighted by molar-refractivity contribution is -0.125. The molecule has 116 valence electrons. The second-order valence-corrected chi connectivity index (χ2v) is 6.94. The van der Waals surface area contributed by atoms with Gasteiger partial charge in [-0.05, 0) is 25.1 Å². The first-order chi connectivity index (χ1) is 9.57. The number of sulfonamides is 1. The van der Waals surface area contributed by atoms with Gasteiger partial charge in [0.1, 0.15) is 0 Å². The summed E-state index contributed by atoms with van der Waals surface area (Å²) in [6.45, 7) is 1.30. The van der Waals surface area contributed by atoms with Crippen LogP contribution >= 0.6 is 11.6 Å². The molecule has 7 nitrogen and oxygen atoms in total. The molecule has 2 N–H and O–H groups in total.